The topological polar surface area (TPSA) is 42.9 Å². The predicted octanol–water partition coefficient (Wildman–Crippen LogP) is 2.36. The highest BCUT2D eigenvalue weighted by molar-refractivity contribution is 6.34. The van der Waals surface area contributed by atoms with E-state index in [-0.39, 0.29) is 5.78 Å². The number of halogens is 1. The van der Waals surface area contributed by atoms with E-state index in [4.69, 9.17) is 11.6 Å². The molecule has 2 heterocycles. The normalized spacial score (nSPS) is 9.93. The van der Waals surface area contributed by atoms with Crippen molar-refractivity contribution < 1.29 is 4.79 Å². The fraction of sp³-hybridized carbons (Fsp3) is 0. The van der Waals surface area contributed by atoms with E-state index in [1.807, 2.05) is 0 Å². The van der Waals surface area contributed by atoms with Crippen LogP contribution in [0.1, 0.15) is 15.9 Å². The number of pyridine rings is 2. The highest BCUT2D eigenvalue weighted by Gasteiger charge is 2.11. The van der Waals surface area contributed by atoms with Crippen LogP contribution in [-0.2, 0) is 0 Å². The van der Waals surface area contributed by atoms with E-state index in [1.165, 1.54) is 18.6 Å². The average Bonchev–Trinajstić information content (AvgIpc) is 2.30. The van der Waals surface area contributed by atoms with Gasteiger partial charge in [0.2, 0.25) is 0 Å². The summed E-state index contributed by atoms with van der Waals surface area (Å²) in [6.07, 6.45) is 6.12. The molecule has 0 aliphatic carbocycles. The Morgan fingerprint density at radius 1 is 1.13 bits per heavy atom. The van der Waals surface area contributed by atoms with E-state index in [1.54, 1.807) is 24.4 Å². The van der Waals surface area contributed by atoms with Gasteiger partial charge < -0.3 is 0 Å². The molecule has 74 valence electrons. The molecule has 0 radical (unpaired) electrons. The number of carbonyl (C=O) groups excluding carboxylic acids is 1. The van der Waals surface area contributed by atoms with Crippen LogP contribution in [0.15, 0.2) is 43.0 Å². The zero-order valence-corrected chi connectivity index (χ0v) is 8.48. The van der Waals surface area contributed by atoms with Gasteiger partial charge in [-0.1, -0.05) is 11.6 Å². The lowest BCUT2D eigenvalue weighted by molar-refractivity contribution is 0.103. The zero-order valence-electron chi connectivity index (χ0n) is 7.72. The minimum absolute atomic E-state index is 0.143. The minimum atomic E-state index is -0.143. The highest BCUT2D eigenvalue weighted by atomic mass is 35.5. The Kier molecular flexibility index (Phi) is 2.74. The summed E-state index contributed by atoms with van der Waals surface area (Å²) < 4.78 is 0. The second-order valence-electron chi connectivity index (χ2n) is 2.93. The molecule has 0 aromatic carbocycles. The second kappa shape index (κ2) is 4.19. The number of hydrogen-bond donors (Lipinski definition) is 0. The molecule has 2 aromatic rings. The Hall–Kier alpha value is -1.74. The molecule has 0 fully saturated rings. The lowest BCUT2D eigenvalue weighted by atomic mass is 10.1. The van der Waals surface area contributed by atoms with Crippen LogP contribution in [0, 0.1) is 0 Å². The quantitative estimate of drug-likeness (QED) is 0.727. The van der Waals surface area contributed by atoms with E-state index in [0.717, 1.165) is 0 Å². The zero-order chi connectivity index (χ0) is 10.7. The fourth-order valence-corrected chi connectivity index (χ4v) is 1.42. The molecule has 0 bridgehead atoms. The van der Waals surface area contributed by atoms with Crippen LogP contribution < -0.4 is 0 Å². The summed E-state index contributed by atoms with van der Waals surface area (Å²) >= 11 is 5.87. The average molecular weight is 219 g/mol. The molecular weight excluding hydrogens is 212 g/mol. The predicted molar refractivity (Wildman–Crippen MR) is 56.9 cm³/mol. The van der Waals surface area contributed by atoms with Crippen molar-refractivity contribution in [2.45, 2.75) is 0 Å². The van der Waals surface area contributed by atoms with Gasteiger partial charge in [-0.15, -0.1) is 0 Å². The van der Waals surface area contributed by atoms with Crippen molar-refractivity contribution in [3.05, 3.63) is 59.1 Å². The van der Waals surface area contributed by atoms with E-state index in [0.29, 0.717) is 16.1 Å². The molecule has 4 heteroatoms. The molecule has 2 aromatic heterocycles. The Balaban J connectivity index is 2.42. The number of aromatic nitrogens is 2. The number of carbonyl (C=O) groups is 1. The number of hydrogen-bond acceptors (Lipinski definition) is 3. The van der Waals surface area contributed by atoms with Crippen molar-refractivity contribution in [3.63, 3.8) is 0 Å². The fourth-order valence-electron chi connectivity index (χ4n) is 1.21. The van der Waals surface area contributed by atoms with Gasteiger partial charge >= 0.3 is 0 Å². The third kappa shape index (κ3) is 2.02. The first-order valence-electron chi connectivity index (χ1n) is 4.33. The van der Waals surface area contributed by atoms with Gasteiger partial charge in [0.05, 0.1) is 5.02 Å². The molecule has 0 saturated carbocycles. The molecule has 15 heavy (non-hydrogen) atoms. The second-order valence-corrected chi connectivity index (χ2v) is 3.33. The van der Waals surface area contributed by atoms with Gasteiger partial charge in [-0.3, -0.25) is 14.8 Å². The lowest BCUT2D eigenvalue weighted by Crippen LogP contribution is -2.02. The molecule has 0 aliphatic rings. The van der Waals surface area contributed by atoms with E-state index >= 15 is 0 Å². The van der Waals surface area contributed by atoms with Crippen molar-refractivity contribution in [3.8, 4) is 0 Å². The van der Waals surface area contributed by atoms with E-state index in [9.17, 15) is 4.79 Å². The molecule has 0 spiro atoms. The number of nitrogens with zero attached hydrogens (tertiary/aromatic N) is 2. The monoisotopic (exact) mass is 218 g/mol. The van der Waals surface area contributed by atoms with Crippen LogP contribution in [-0.4, -0.2) is 15.8 Å². The van der Waals surface area contributed by atoms with Crippen LogP contribution in [0.3, 0.4) is 0 Å². The van der Waals surface area contributed by atoms with Gasteiger partial charge in [0, 0.05) is 35.9 Å². The molecule has 0 aliphatic heterocycles. The standard InChI is InChI=1S/C11H7ClN2O/c12-10-7-14-5-3-9(10)11(15)8-2-1-4-13-6-8/h1-7H. The minimum Gasteiger partial charge on any atom is -0.288 e. The largest absolute Gasteiger partial charge is 0.288 e. The molecule has 0 amide bonds. The van der Waals surface area contributed by atoms with Crippen molar-refractivity contribution in [2.75, 3.05) is 0 Å². The van der Waals surface area contributed by atoms with Gasteiger partial charge in [0.25, 0.3) is 0 Å². The van der Waals surface area contributed by atoms with Crippen LogP contribution in [0.25, 0.3) is 0 Å². The lowest BCUT2D eigenvalue weighted by Gasteiger charge is -2.01. The van der Waals surface area contributed by atoms with E-state index in [2.05, 4.69) is 9.97 Å². The SMILES string of the molecule is O=C(c1cccnc1)c1ccncc1Cl. The maximum absolute atomic E-state index is 11.9. The molecule has 0 unspecified atom stereocenters. The highest BCUT2D eigenvalue weighted by Crippen LogP contribution is 2.17. The Morgan fingerprint density at radius 2 is 1.93 bits per heavy atom. The summed E-state index contributed by atoms with van der Waals surface area (Å²) in [4.78, 5) is 19.6. The summed E-state index contributed by atoms with van der Waals surface area (Å²) in [5.41, 5.74) is 0.963. The van der Waals surface area contributed by atoms with Crippen LogP contribution in [0.2, 0.25) is 5.02 Å². The summed E-state index contributed by atoms with van der Waals surface area (Å²) in [6, 6.07) is 5.01. The smallest absolute Gasteiger partial charge is 0.196 e. The maximum Gasteiger partial charge on any atom is 0.196 e. The number of rotatable bonds is 2. The molecule has 0 saturated heterocycles. The molecule has 3 nitrogen and oxygen atoms in total. The first kappa shape index (κ1) is 9.80. The summed E-state index contributed by atoms with van der Waals surface area (Å²) in [5, 5.41) is 0.353. The van der Waals surface area contributed by atoms with Gasteiger partial charge in [0.15, 0.2) is 5.78 Å². The van der Waals surface area contributed by atoms with Crippen LogP contribution in [0.4, 0.5) is 0 Å². The van der Waals surface area contributed by atoms with E-state index < -0.39 is 0 Å². The van der Waals surface area contributed by atoms with Crippen molar-refractivity contribution in [2.24, 2.45) is 0 Å². The van der Waals surface area contributed by atoms with Gasteiger partial charge in [-0.05, 0) is 18.2 Å². The van der Waals surface area contributed by atoms with Gasteiger partial charge in [0.1, 0.15) is 0 Å². The van der Waals surface area contributed by atoms with Crippen molar-refractivity contribution in [1.82, 2.24) is 9.97 Å². The Morgan fingerprint density at radius 3 is 2.60 bits per heavy atom. The molecule has 0 N–H and O–H groups in total. The van der Waals surface area contributed by atoms with Gasteiger partial charge in [-0.25, -0.2) is 0 Å². The van der Waals surface area contributed by atoms with Crippen LogP contribution >= 0.6 is 11.6 Å². The molecular formula is C11H7ClN2O. The first-order chi connectivity index (χ1) is 7.29. The Bertz CT molecular complexity index is 485. The first-order valence-corrected chi connectivity index (χ1v) is 4.71. The van der Waals surface area contributed by atoms with Crippen LogP contribution in [0.5, 0.6) is 0 Å². The summed E-state index contributed by atoms with van der Waals surface area (Å²) in [5.74, 6) is -0.143. The number of ketones is 1. The van der Waals surface area contributed by atoms with Crippen molar-refractivity contribution >= 4 is 17.4 Å². The maximum atomic E-state index is 11.9. The molecule has 2 rings (SSSR count). The molecule has 0 atom stereocenters. The summed E-state index contributed by atoms with van der Waals surface area (Å²) in [7, 11) is 0. The van der Waals surface area contributed by atoms with Crippen molar-refractivity contribution in [1.29, 1.82) is 0 Å². The Labute approximate surface area is 91.8 Å². The third-order valence-corrected chi connectivity index (χ3v) is 2.24. The van der Waals surface area contributed by atoms with Gasteiger partial charge in [-0.2, -0.15) is 0 Å². The summed E-state index contributed by atoms with van der Waals surface area (Å²) in [6.45, 7) is 0. The third-order valence-electron chi connectivity index (χ3n) is 1.94.